The van der Waals surface area contributed by atoms with Gasteiger partial charge in [-0.3, -0.25) is 14.0 Å². The van der Waals surface area contributed by atoms with Gasteiger partial charge in [0.15, 0.2) is 6.10 Å². The van der Waals surface area contributed by atoms with Crippen molar-refractivity contribution in [1.82, 2.24) is 10.2 Å². The summed E-state index contributed by atoms with van der Waals surface area (Å²) in [7, 11) is -3.56. The molecule has 37 heavy (non-hydrogen) atoms. The highest BCUT2D eigenvalue weighted by atomic mass is 35.5. The molecule has 0 radical (unpaired) electrons. The Morgan fingerprint density at radius 2 is 1.81 bits per heavy atom. The van der Waals surface area contributed by atoms with Gasteiger partial charge in [-0.15, -0.1) is 0 Å². The number of nitrogens with one attached hydrogen (secondary N) is 1. The molecule has 0 saturated heterocycles. The van der Waals surface area contributed by atoms with Gasteiger partial charge in [-0.25, -0.2) is 8.42 Å². The van der Waals surface area contributed by atoms with Gasteiger partial charge in [0.1, 0.15) is 5.75 Å². The molecule has 0 saturated carbocycles. The van der Waals surface area contributed by atoms with Gasteiger partial charge in [-0.2, -0.15) is 0 Å². The minimum atomic E-state index is -3.56. The largest absolute Gasteiger partial charge is 0.478 e. The Bertz CT molecular complexity index is 1410. The highest BCUT2D eigenvalue weighted by Gasteiger charge is 2.31. The number of sulfonamides is 1. The van der Waals surface area contributed by atoms with Crippen molar-refractivity contribution in [2.75, 3.05) is 23.7 Å². The molecule has 194 valence electrons. The van der Waals surface area contributed by atoms with E-state index in [1.807, 2.05) is 12.1 Å². The van der Waals surface area contributed by atoms with Crippen molar-refractivity contribution in [2.45, 2.75) is 38.6 Å². The van der Waals surface area contributed by atoms with E-state index in [0.29, 0.717) is 23.0 Å². The Morgan fingerprint density at radius 3 is 2.62 bits per heavy atom. The van der Waals surface area contributed by atoms with Crippen molar-refractivity contribution in [3.63, 3.8) is 0 Å². The van der Waals surface area contributed by atoms with Crippen LogP contribution in [-0.4, -0.2) is 44.7 Å². The fourth-order valence-corrected chi connectivity index (χ4v) is 6.07. The first-order valence-corrected chi connectivity index (χ1v) is 14.6. The zero-order valence-electron chi connectivity index (χ0n) is 20.7. The molecule has 0 fully saturated rings. The summed E-state index contributed by atoms with van der Waals surface area (Å²) < 4.78 is 31.9. The van der Waals surface area contributed by atoms with Crippen molar-refractivity contribution in [3.05, 3.63) is 94.0 Å². The molecule has 9 heteroatoms. The number of ether oxygens (including phenoxy) is 1. The third kappa shape index (κ3) is 6.09. The number of hydrogen-bond donors (Lipinski definition) is 1. The fraction of sp³-hybridized carbons (Fsp3) is 0.321. The number of amides is 1. The number of carbonyl (C=O) groups excluding carboxylic acids is 1. The summed E-state index contributed by atoms with van der Waals surface area (Å²) in [5.41, 5.74) is 5.37. The first kappa shape index (κ1) is 25.6. The molecule has 5 rings (SSSR count). The van der Waals surface area contributed by atoms with Crippen LogP contribution in [-0.2, 0) is 40.9 Å². The second kappa shape index (κ2) is 10.7. The van der Waals surface area contributed by atoms with Crippen LogP contribution in [0.5, 0.6) is 5.75 Å². The lowest BCUT2D eigenvalue weighted by molar-refractivity contribution is -0.128. The van der Waals surface area contributed by atoms with Gasteiger partial charge in [-0.1, -0.05) is 60.1 Å². The third-order valence-electron chi connectivity index (χ3n) is 6.82. The van der Waals surface area contributed by atoms with Crippen molar-refractivity contribution in [2.24, 2.45) is 0 Å². The van der Waals surface area contributed by atoms with Crippen LogP contribution in [0, 0.1) is 0 Å². The average Bonchev–Trinajstić information content (AvgIpc) is 3.07. The van der Waals surface area contributed by atoms with Gasteiger partial charge in [0, 0.05) is 44.2 Å². The van der Waals surface area contributed by atoms with Crippen molar-refractivity contribution in [3.8, 4) is 5.75 Å². The number of fused-ring (bicyclic) bond motifs is 2. The van der Waals surface area contributed by atoms with Crippen LogP contribution in [0.4, 0.5) is 5.69 Å². The molecule has 2 aliphatic heterocycles. The summed E-state index contributed by atoms with van der Waals surface area (Å²) in [6.07, 6.45) is 1.60. The molecule has 3 aromatic rings. The van der Waals surface area contributed by atoms with E-state index in [1.165, 1.54) is 21.0 Å². The van der Waals surface area contributed by atoms with E-state index in [2.05, 4.69) is 46.6 Å². The highest BCUT2D eigenvalue weighted by Crippen LogP contribution is 2.36. The van der Waals surface area contributed by atoms with E-state index in [4.69, 9.17) is 16.3 Å². The number of benzene rings is 3. The maximum absolute atomic E-state index is 13.0. The molecule has 1 N–H and O–H groups in total. The van der Waals surface area contributed by atoms with E-state index in [1.54, 1.807) is 18.2 Å². The molecule has 1 atom stereocenters. The molecule has 1 unspecified atom stereocenters. The summed E-state index contributed by atoms with van der Waals surface area (Å²) in [5.74, 6) is 0.0341. The van der Waals surface area contributed by atoms with Crippen LogP contribution >= 0.6 is 11.6 Å². The van der Waals surface area contributed by atoms with Gasteiger partial charge >= 0.3 is 0 Å². The lowest BCUT2D eigenvalue weighted by Gasteiger charge is -2.28. The minimum Gasteiger partial charge on any atom is -0.478 e. The van der Waals surface area contributed by atoms with Crippen molar-refractivity contribution < 1.29 is 17.9 Å². The van der Waals surface area contributed by atoms with Crippen molar-refractivity contribution in [1.29, 1.82) is 0 Å². The molecule has 2 aliphatic rings. The molecule has 2 heterocycles. The van der Waals surface area contributed by atoms with Crippen LogP contribution in [0.1, 0.15) is 28.7 Å². The number of halogens is 1. The van der Waals surface area contributed by atoms with Crippen LogP contribution in [0.2, 0.25) is 5.02 Å². The number of rotatable bonds is 6. The summed E-state index contributed by atoms with van der Waals surface area (Å²) in [6, 6.07) is 21.6. The molecule has 7 nitrogen and oxygen atoms in total. The van der Waals surface area contributed by atoms with E-state index < -0.39 is 16.1 Å². The standard InChI is InChI=1S/C28H30ClN3O4S/c1-37(34,35)32-14-12-27(36-26-10-9-24(29)16-25(26)32)28(33)30-17-20-5-4-6-21(15-20)18-31-13-11-22-7-2-3-8-23(22)19-31/h2-10,15-16,27H,11-14,17-19H2,1H3,(H,30,33). The Hall–Kier alpha value is -3.07. The Kier molecular flexibility index (Phi) is 7.42. The molecule has 1 amide bonds. The number of carbonyl (C=O) groups is 1. The zero-order valence-corrected chi connectivity index (χ0v) is 22.3. The highest BCUT2D eigenvalue weighted by molar-refractivity contribution is 7.92. The Morgan fingerprint density at radius 1 is 1.03 bits per heavy atom. The molecule has 0 spiro atoms. The smallest absolute Gasteiger partial charge is 0.261 e. The normalized spacial score (nSPS) is 17.8. The Labute approximate surface area is 223 Å². The van der Waals surface area contributed by atoms with Crippen LogP contribution in [0.25, 0.3) is 0 Å². The van der Waals surface area contributed by atoms with Crippen LogP contribution < -0.4 is 14.4 Å². The van der Waals surface area contributed by atoms with E-state index >= 15 is 0 Å². The maximum atomic E-state index is 13.0. The third-order valence-corrected chi connectivity index (χ3v) is 8.24. The first-order valence-electron chi connectivity index (χ1n) is 12.3. The predicted molar refractivity (Wildman–Crippen MR) is 145 cm³/mol. The SMILES string of the molecule is CS(=O)(=O)N1CCC(C(=O)NCc2cccc(CN3CCc4ccccc4C3)c2)Oc2ccc(Cl)cc21. The molecule has 0 bridgehead atoms. The van der Waals surface area contributed by atoms with Gasteiger partial charge in [-0.05, 0) is 46.9 Å². The van der Waals surface area contributed by atoms with Crippen LogP contribution in [0.15, 0.2) is 66.7 Å². The average molecular weight is 540 g/mol. The maximum Gasteiger partial charge on any atom is 0.261 e. The van der Waals surface area contributed by atoms with Gasteiger partial charge in [0.05, 0.1) is 11.9 Å². The van der Waals surface area contributed by atoms with E-state index in [0.717, 1.165) is 37.9 Å². The summed E-state index contributed by atoms with van der Waals surface area (Å²) in [6.45, 7) is 3.29. The Balaban J connectivity index is 1.22. The second-order valence-corrected chi connectivity index (χ2v) is 12.0. The summed E-state index contributed by atoms with van der Waals surface area (Å²) in [5, 5.41) is 3.36. The lowest BCUT2D eigenvalue weighted by Crippen LogP contribution is -2.39. The molecule has 0 aliphatic carbocycles. The van der Waals surface area contributed by atoms with Crippen molar-refractivity contribution >= 4 is 33.2 Å². The molecule has 0 aromatic heterocycles. The van der Waals surface area contributed by atoms with E-state index in [-0.39, 0.29) is 18.9 Å². The molecular formula is C28H30ClN3O4S. The minimum absolute atomic E-state index is 0.124. The van der Waals surface area contributed by atoms with Crippen LogP contribution in [0.3, 0.4) is 0 Å². The summed E-state index contributed by atoms with van der Waals surface area (Å²) >= 11 is 6.10. The first-order chi connectivity index (χ1) is 17.8. The number of hydrogen-bond acceptors (Lipinski definition) is 5. The monoisotopic (exact) mass is 539 g/mol. The van der Waals surface area contributed by atoms with Gasteiger partial charge in [0.25, 0.3) is 5.91 Å². The fourth-order valence-electron chi connectivity index (χ4n) is 4.97. The number of anilines is 1. The van der Waals surface area contributed by atoms with Gasteiger partial charge < -0.3 is 10.1 Å². The second-order valence-electron chi connectivity index (χ2n) is 9.61. The zero-order chi connectivity index (χ0) is 26.0. The topological polar surface area (TPSA) is 79.0 Å². The number of nitrogens with zero attached hydrogens (tertiary/aromatic N) is 2. The lowest BCUT2D eigenvalue weighted by atomic mass is 9.99. The molecule has 3 aromatic carbocycles. The van der Waals surface area contributed by atoms with E-state index in [9.17, 15) is 13.2 Å². The predicted octanol–water partition coefficient (Wildman–Crippen LogP) is 4.13. The molecular weight excluding hydrogens is 510 g/mol. The summed E-state index contributed by atoms with van der Waals surface area (Å²) in [4.78, 5) is 15.5. The quantitative estimate of drug-likeness (QED) is 0.509. The van der Waals surface area contributed by atoms with Gasteiger partial charge in [0.2, 0.25) is 10.0 Å².